The number of aromatic nitrogens is 2. The molecule has 0 radical (unpaired) electrons. The molecule has 1 aliphatic rings. The summed E-state index contributed by atoms with van der Waals surface area (Å²) in [6.45, 7) is 3.79. The normalized spacial score (nSPS) is 15.4. The molecule has 0 bridgehead atoms. The highest BCUT2D eigenvalue weighted by Gasteiger charge is 2.25. The molecule has 4 rings (SSSR count). The van der Waals surface area contributed by atoms with Gasteiger partial charge >= 0.3 is 0 Å². The van der Waals surface area contributed by atoms with E-state index < -0.39 is 0 Å². The highest BCUT2D eigenvalue weighted by Crippen LogP contribution is 2.35. The number of benzene rings is 2. The van der Waals surface area contributed by atoms with Gasteiger partial charge in [0.1, 0.15) is 5.82 Å². The number of hydrogen-bond acceptors (Lipinski definition) is 4. The van der Waals surface area contributed by atoms with Crippen molar-refractivity contribution < 1.29 is 14.3 Å². The molecule has 0 aliphatic heterocycles. The number of fused-ring (bicyclic) bond motifs is 1. The molecule has 0 spiro atoms. The summed E-state index contributed by atoms with van der Waals surface area (Å²) in [7, 11) is 1.59. The number of anilines is 1. The molecule has 32 heavy (non-hydrogen) atoms. The summed E-state index contributed by atoms with van der Waals surface area (Å²) < 4.78 is 13.1. The zero-order valence-electron chi connectivity index (χ0n) is 18.8. The van der Waals surface area contributed by atoms with Crippen LogP contribution in [0.15, 0.2) is 54.7 Å². The molecule has 6 heteroatoms. The molecule has 0 saturated heterocycles. The summed E-state index contributed by atoms with van der Waals surface area (Å²) in [5.74, 6) is 1.60. The second kappa shape index (κ2) is 9.73. The smallest absolute Gasteiger partial charge is 0.263 e. The quantitative estimate of drug-likeness (QED) is 0.560. The summed E-state index contributed by atoms with van der Waals surface area (Å²) in [6, 6.07) is 14.2. The summed E-state index contributed by atoms with van der Waals surface area (Å²) in [5.41, 5.74) is 4.56. The van der Waals surface area contributed by atoms with Crippen LogP contribution < -0.4 is 14.8 Å². The minimum Gasteiger partial charge on any atom is -0.493 e. The molecule has 1 N–H and O–H groups in total. The van der Waals surface area contributed by atoms with E-state index in [1.165, 1.54) is 11.1 Å². The minimum atomic E-state index is -0.237. The number of carbonyl (C=O) groups is 1. The average molecular weight is 432 g/mol. The van der Waals surface area contributed by atoms with E-state index in [9.17, 15) is 4.79 Å². The van der Waals surface area contributed by atoms with Crippen LogP contribution in [0.1, 0.15) is 48.1 Å². The molecule has 6 nitrogen and oxygen atoms in total. The van der Waals surface area contributed by atoms with Crippen molar-refractivity contribution in [3.05, 3.63) is 77.0 Å². The fourth-order valence-electron chi connectivity index (χ4n) is 4.23. The van der Waals surface area contributed by atoms with E-state index in [1.54, 1.807) is 13.3 Å². The number of carbonyl (C=O) groups excluding carboxylic acids is 1. The third-order valence-electron chi connectivity index (χ3n) is 5.77. The maximum atomic E-state index is 12.8. The highest BCUT2D eigenvalue weighted by atomic mass is 16.5. The molecule has 0 saturated carbocycles. The monoisotopic (exact) mass is 431 g/mol. The fourth-order valence-corrected chi connectivity index (χ4v) is 4.23. The van der Waals surface area contributed by atoms with Crippen LogP contribution in [0.5, 0.6) is 11.5 Å². The molecule has 1 atom stereocenters. The van der Waals surface area contributed by atoms with Gasteiger partial charge in [0.2, 0.25) is 0 Å². The molecule has 2 aromatic carbocycles. The summed E-state index contributed by atoms with van der Waals surface area (Å²) in [5, 5.41) is 7.61. The predicted molar refractivity (Wildman–Crippen MR) is 126 cm³/mol. The largest absolute Gasteiger partial charge is 0.493 e. The third-order valence-corrected chi connectivity index (χ3v) is 5.77. The van der Waals surface area contributed by atoms with Crippen LogP contribution in [0, 0.1) is 6.92 Å². The van der Waals surface area contributed by atoms with Crippen LogP contribution in [-0.4, -0.2) is 29.4 Å². The van der Waals surface area contributed by atoms with Gasteiger partial charge in [0.05, 0.1) is 19.3 Å². The molecule has 1 amide bonds. The minimum absolute atomic E-state index is 0.115. The van der Waals surface area contributed by atoms with E-state index in [0.717, 1.165) is 36.2 Å². The molecule has 3 aromatic rings. The number of ether oxygens (including phenoxy) is 2. The number of amides is 1. The number of nitrogens with one attached hydrogen (secondary N) is 1. The first-order valence-corrected chi connectivity index (χ1v) is 11.0. The Labute approximate surface area is 188 Å². The lowest BCUT2D eigenvalue weighted by Gasteiger charge is -2.27. The summed E-state index contributed by atoms with van der Waals surface area (Å²) >= 11 is 0. The van der Waals surface area contributed by atoms with E-state index >= 15 is 0 Å². The van der Waals surface area contributed by atoms with Crippen molar-refractivity contribution in [2.75, 3.05) is 19.0 Å². The lowest BCUT2D eigenvalue weighted by Crippen LogP contribution is -2.25. The molecular weight excluding hydrogens is 402 g/mol. The van der Waals surface area contributed by atoms with Gasteiger partial charge in [-0.3, -0.25) is 4.79 Å². The Morgan fingerprint density at radius 3 is 2.91 bits per heavy atom. The topological polar surface area (TPSA) is 65.4 Å². The lowest BCUT2D eigenvalue weighted by molar-refractivity contribution is -0.118. The van der Waals surface area contributed by atoms with Gasteiger partial charge in [0.15, 0.2) is 18.1 Å². The molecule has 0 fully saturated rings. The van der Waals surface area contributed by atoms with Crippen LogP contribution in [0.4, 0.5) is 5.82 Å². The second-order valence-corrected chi connectivity index (χ2v) is 7.97. The lowest BCUT2D eigenvalue weighted by atomic mass is 9.88. The van der Waals surface area contributed by atoms with Crippen molar-refractivity contribution >= 4 is 17.8 Å². The van der Waals surface area contributed by atoms with Crippen molar-refractivity contribution in [2.24, 2.45) is 0 Å². The average Bonchev–Trinajstić information content (AvgIpc) is 3.17. The Hall–Kier alpha value is -3.54. The van der Waals surface area contributed by atoms with Crippen LogP contribution in [-0.2, 0) is 11.2 Å². The first-order valence-electron chi connectivity index (χ1n) is 11.0. The van der Waals surface area contributed by atoms with E-state index in [2.05, 4.69) is 34.7 Å². The summed E-state index contributed by atoms with van der Waals surface area (Å²) in [6.07, 6.45) is 8.91. The van der Waals surface area contributed by atoms with Crippen LogP contribution >= 0.6 is 0 Å². The molecular formula is C26H29N3O3. The third kappa shape index (κ3) is 4.54. The standard InChI is InChI=1S/C26H29N3O3/c1-4-8-19-13-14-23(24(15-19)31-3)32-17-25(30)28-26-18(2)16-27-29(26)22-12-7-10-20-9-5-6-11-21(20)22/h4-6,8-9,11,13-16,22H,7,10,12,17H2,1-3H3,(H,28,30)/b8-4+. The Morgan fingerprint density at radius 1 is 1.25 bits per heavy atom. The second-order valence-electron chi connectivity index (χ2n) is 7.97. The highest BCUT2D eigenvalue weighted by molar-refractivity contribution is 5.91. The van der Waals surface area contributed by atoms with E-state index in [4.69, 9.17) is 9.47 Å². The van der Waals surface area contributed by atoms with Crippen LogP contribution in [0.25, 0.3) is 6.08 Å². The molecule has 166 valence electrons. The number of methoxy groups -OCH3 is 1. The van der Waals surface area contributed by atoms with Crippen molar-refractivity contribution in [3.8, 4) is 11.5 Å². The van der Waals surface area contributed by atoms with Crippen molar-refractivity contribution in [2.45, 2.75) is 39.2 Å². The van der Waals surface area contributed by atoms with Crippen molar-refractivity contribution in [1.29, 1.82) is 0 Å². The van der Waals surface area contributed by atoms with Gasteiger partial charge in [-0.25, -0.2) is 4.68 Å². The van der Waals surface area contributed by atoms with Gasteiger partial charge < -0.3 is 14.8 Å². The van der Waals surface area contributed by atoms with E-state index in [0.29, 0.717) is 11.5 Å². The number of nitrogens with zero attached hydrogens (tertiary/aromatic N) is 2. The summed E-state index contributed by atoms with van der Waals surface area (Å²) in [4.78, 5) is 12.8. The number of aryl methyl sites for hydroxylation is 2. The fraction of sp³-hybridized carbons (Fsp3) is 0.308. The van der Waals surface area contributed by atoms with Gasteiger partial charge in [-0.05, 0) is 61.9 Å². The predicted octanol–water partition coefficient (Wildman–Crippen LogP) is 5.18. The zero-order valence-corrected chi connectivity index (χ0v) is 18.8. The zero-order chi connectivity index (χ0) is 22.5. The van der Waals surface area contributed by atoms with E-state index in [-0.39, 0.29) is 18.6 Å². The van der Waals surface area contributed by atoms with Gasteiger partial charge in [-0.1, -0.05) is 42.5 Å². The van der Waals surface area contributed by atoms with Gasteiger partial charge in [0, 0.05) is 5.56 Å². The Morgan fingerprint density at radius 2 is 2.09 bits per heavy atom. The molecule has 1 heterocycles. The first-order chi connectivity index (χ1) is 15.6. The van der Waals surface area contributed by atoms with E-state index in [1.807, 2.05) is 48.9 Å². The maximum Gasteiger partial charge on any atom is 0.263 e. The van der Waals surface area contributed by atoms with Crippen LogP contribution in [0.2, 0.25) is 0 Å². The van der Waals surface area contributed by atoms with Gasteiger partial charge in [0.25, 0.3) is 5.91 Å². The first kappa shape index (κ1) is 21.7. The number of allylic oxidation sites excluding steroid dienone is 1. The maximum absolute atomic E-state index is 12.8. The van der Waals surface area contributed by atoms with Crippen LogP contribution in [0.3, 0.4) is 0 Å². The van der Waals surface area contributed by atoms with Gasteiger partial charge in [-0.15, -0.1) is 0 Å². The Bertz CT molecular complexity index is 1130. The van der Waals surface area contributed by atoms with Crippen molar-refractivity contribution in [3.63, 3.8) is 0 Å². The molecule has 1 aliphatic carbocycles. The molecule has 1 aromatic heterocycles. The molecule has 1 unspecified atom stereocenters. The number of hydrogen-bond donors (Lipinski definition) is 1. The Balaban J connectivity index is 1.48. The number of rotatable bonds is 7. The van der Waals surface area contributed by atoms with Gasteiger partial charge in [-0.2, -0.15) is 5.10 Å². The SMILES string of the molecule is C/C=C/c1ccc(OCC(=O)Nc2c(C)cnn2C2CCCc3ccccc32)c(OC)c1. The van der Waals surface area contributed by atoms with Crippen molar-refractivity contribution in [1.82, 2.24) is 9.78 Å². The Kier molecular flexibility index (Phi) is 6.59.